The molecule has 0 atom stereocenters. The second-order valence-corrected chi connectivity index (χ2v) is 7.92. The first-order chi connectivity index (χ1) is 11.3. The molecule has 1 fully saturated rings. The lowest BCUT2D eigenvalue weighted by atomic mass is 9.71. The van der Waals surface area contributed by atoms with Gasteiger partial charge in [-0.25, -0.2) is 4.39 Å². The predicted molar refractivity (Wildman–Crippen MR) is 94.4 cm³/mol. The third-order valence-corrected chi connectivity index (χ3v) is 5.21. The lowest BCUT2D eigenvalue weighted by molar-refractivity contribution is 0.0905. The van der Waals surface area contributed by atoms with E-state index in [4.69, 9.17) is 0 Å². The van der Waals surface area contributed by atoms with Gasteiger partial charge in [-0.15, -0.1) is 0 Å². The van der Waals surface area contributed by atoms with Crippen molar-refractivity contribution in [3.8, 4) is 0 Å². The molecule has 0 spiro atoms. The zero-order chi connectivity index (χ0) is 17.3. The minimum Gasteiger partial charge on any atom is -0.349 e. The van der Waals surface area contributed by atoms with Crippen molar-refractivity contribution in [2.24, 2.45) is 11.3 Å². The number of fused-ring (bicyclic) bond motifs is 1. The van der Waals surface area contributed by atoms with Crippen molar-refractivity contribution < 1.29 is 9.18 Å². The molecular weight excluding hydrogens is 303 g/mol. The minimum absolute atomic E-state index is 0.112. The van der Waals surface area contributed by atoms with Crippen LogP contribution in [-0.2, 0) is 0 Å². The molecule has 1 aliphatic carbocycles. The summed E-state index contributed by atoms with van der Waals surface area (Å²) in [5.41, 5.74) is 1.41. The lowest BCUT2D eigenvalue weighted by Crippen LogP contribution is -2.39. The second-order valence-electron chi connectivity index (χ2n) is 7.92. The number of para-hydroxylation sites is 1. The number of hydrogen-bond acceptors (Lipinski definition) is 2. The maximum absolute atomic E-state index is 13.3. The molecule has 1 amide bonds. The van der Waals surface area contributed by atoms with Crippen LogP contribution in [-0.4, -0.2) is 16.9 Å². The van der Waals surface area contributed by atoms with Crippen LogP contribution in [0.4, 0.5) is 4.39 Å². The highest BCUT2D eigenvalue weighted by atomic mass is 19.1. The summed E-state index contributed by atoms with van der Waals surface area (Å²) in [6.07, 6.45) is 5.48. The van der Waals surface area contributed by atoms with E-state index in [1.807, 2.05) is 0 Å². The molecule has 1 N–H and O–H groups in total. The van der Waals surface area contributed by atoms with Crippen LogP contribution in [0.2, 0.25) is 0 Å². The molecule has 128 valence electrons. The largest absolute Gasteiger partial charge is 0.349 e. The van der Waals surface area contributed by atoms with E-state index in [0.29, 0.717) is 27.8 Å². The van der Waals surface area contributed by atoms with Gasteiger partial charge in [-0.3, -0.25) is 9.78 Å². The van der Waals surface area contributed by atoms with E-state index in [0.717, 1.165) is 31.9 Å². The van der Waals surface area contributed by atoms with Crippen LogP contribution < -0.4 is 5.32 Å². The number of carbonyl (C=O) groups excluding carboxylic acids is 1. The van der Waals surface area contributed by atoms with Crippen molar-refractivity contribution >= 4 is 16.8 Å². The molecule has 1 aliphatic rings. The first-order valence-corrected chi connectivity index (χ1v) is 8.70. The van der Waals surface area contributed by atoms with E-state index in [1.165, 1.54) is 6.07 Å². The number of carbonyl (C=O) groups is 1. The summed E-state index contributed by atoms with van der Waals surface area (Å²) in [5, 5.41) is 3.79. The Kier molecular flexibility index (Phi) is 4.57. The van der Waals surface area contributed by atoms with E-state index >= 15 is 0 Å². The Hall–Kier alpha value is -1.97. The maximum atomic E-state index is 13.3. The Labute approximate surface area is 142 Å². The molecule has 2 aromatic rings. The maximum Gasteiger partial charge on any atom is 0.253 e. The van der Waals surface area contributed by atoms with E-state index < -0.39 is 0 Å². The molecule has 4 heteroatoms. The number of benzene rings is 1. The van der Waals surface area contributed by atoms with E-state index in [1.54, 1.807) is 18.2 Å². The highest BCUT2D eigenvalue weighted by Gasteiger charge is 2.30. The summed E-state index contributed by atoms with van der Waals surface area (Å²) in [4.78, 5) is 16.7. The van der Waals surface area contributed by atoms with Gasteiger partial charge in [0.05, 0.1) is 17.3 Å². The lowest BCUT2D eigenvalue weighted by Gasteiger charge is -2.37. The normalized spacial score (nSPS) is 21.7. The standard InChI is InChI=1S/C20H25FN2O/c1-20(2,3)14-7-9-16(10-8-14)23-19(24)17-6-4-5-13-11-15(21)12-22-18(13)17/h4-6,11-12,14,16H,7-10H2,1-3H3,(H,23,24). The number of nitrogens with one attached hydrogen (secondary N) is 1. The Balaban J connectivity index is 1.70. The smallest absolute Gasteiger partial charge is 0.253 e. The molecule has 0 saturated heterocycles. The molecular formula is C20H25FN2O. The minimum atomic E-state index is -0.388. The fourth-order valence-corrected chi connectivity index (χ4v) is 3.68. The van der Waals surface area contributed by atoms with Crippen molar-refractivity contribution in [3.05, 3.63) is 41.8 Å². The molecule has 0 radical (unpaired) electrons. The Bertz CT molecular complexity index is 743. The monoisotopic (exact) mass is 328 g/mol. The molecule has 1 aromatic heterocycles. The van der Waals surface area contributed by atoms with Gasteiger partial charge in [-0.1, -0.05) is 32.9 Å². The number of amides is 1. The van der Waals surface area contributed by atoms with Crippen molar-refractivity contribution in [3.63, 3.8) is 0 Å². The number of aromatic nitrogens is 1. The number of rotatable bonds is 2. The first-order valence-electron chi connectivity index (χ1n) is 8.70. The average Bonchev–Trinajstić information content (AvgIpc) is 2.53. The Morgan fingerprint density at radius 3 is 2.58 bits per heavy atom. The Morgan fingerprint density at radius 1 is 1.21 bits per heavy atom. The van der Waals surface area contributed by atoms with Crippen molar-refractivity contribution in [1.29, 1.82) is 0 Å². The molecule has 3 rings (SSSR count). The number of pyridine rings is 1. The van der Waals surface area contributed by atoms with Gasteiger partial charge < -0.3 is 5.32 Å². The highest BCUT2D eigenvalue weighted by molar-refractivity contribution is 6.05. The molecule has 0 aliphatic heterocycles. The number of hydrogen-bond donors (Lipinski definition) is 1. The van der Waals surface area contributed by atoms with Gasteiger partial charge in [0.2, 0.25) is 0 Å². The summed E-state index contributed by atoms with van der Waals surface area (Å²) in [7, 11) is 0. The summed E-state index contributed by atoms with van der Waals surface area (Å²) in [6.45, 7) is 6.87. The molecule has 24 heavy (non-hydrogen) atoms. The fourth-order valence-electron chi connectivity index (χ4n) is 3.68. The van der Waals surface area contributed by atoms with Gasteiger partial charge in [-0.2, -0.15) is 0 Å². The van der Waals surface area contributed by atoms with Gasteiger partial charge in [0, 0.05) is 11.4 Å². The quantitative estimate of drug-likeness (QED) is 0.867. The topological polar surface area (TPSA) is 42.0 Å². The number of halogens is 1. The first kappa shape index (κ1) is 16.9. The molecule has 3 nitrogen and oxygen atoms in total. The zero-order valence-corrected chi connectivity index (χ0v) is 14.6. The molecule has 1 saturated carbocycles. The Morgan fingerprint density at radius 2 is 1.92 bits per heavy atom. The molecule has 1 heterocycles. The molecule has 0 bridgehead atoms. The fraction of sp³-hybridized carbons (Fsp3) is 0.500. The van der Waals surface area contributed by atoms with Gasteiger partial charge in [0.15, 0.2) is 0 Å². The summed E-state index contributed by atoms with van der Waals surface area (Å²) < 4.78 is 13.3. The second kappa shape index (κ2) is 6.50. The van der Waals surface area contributed by atoms with E-state index in [9.17, 15) is 9.18 Å². The van der Waals surface area contributed by atoms with Crippen LogP contribution in [0.1, 0.15) is 56.8 Å². The third kappa shape index (κ3) is 3.58. The van der Waals surface area contributed by atoms with Crippen LogP contribution in [0.15, 0.2) is 30.5 Å². The van der Waals surface area contributed by atoms with Crippen LogP contribution in [0, 0.1) is 17.2 Å². The predicted octanol–water partition coefficient (Wildman–Crippen LogP) is 4.71. The zero-order valence-electron chi connectivity index (χ0n) is 14.6. The van der Waals surface area contributed by atoms with Crippen molar-refractivity contribution in [2.45, 2.75) is 52.5 Å². The van der Waals surface area contributed by atoms with Gasteiger partial charge in [0.25, 0.3) is 5.91 Å². The van der Waals surface area contributed by atoms with Gasteiger partial charge in [0.1, 0.15) is 5.82 Å². The highest BCUT2D eigenvalue weighted by Crippen LogP contribution is 2.37. The third-order valence-electron chi connectivity index (χ3n) is 5.21. The van der Waals surface area contributed by atoms with Crippen molar-refractivity contribution in [1.82, 2.24) is 10.3 Å². The van der Waals surface area contributed by atoms with Gasteiger partial charge >= 0.3 is 0 Å². The summed E-state index contributed by atoms with van der Waals surface area (Å²) in [6, 6.07) is 6.93. The average molecular weight is 328 g/mol. The number of nitrogens with zero attached hydrogens (tertiary/aromatic N) is 1. The van der Waals surface area contributed by atoms with Crippen molar-refractivity contribution in [2.75, 3.05) is 0 Å². The summed E-state index contributed by atoms with van der Waals surface area (Å²) >= 11 is 0. The van der Waals surface area contributed by atoms with E-state index in [-0.39, 0.29) is 17.8 Å². The van der Waals surface area contributed by atoms with Crippen LogP contribution in [0.5, 0.6) is 0 Å². The van der Waals surface area contributed by atoms with Crippen LogP contribution >= 0.6 is 0 Å². The van der Waals surface area contributed by atoms with E-state index in [2.05, 4.69) is 31.1 Å². The van der Waals surface area contributed by atoms with Gasteiger partial charge in [-0.05, 0) is 49.1 Å². The van der Waals surface area contributed by atoms with Crippen LogP contribution in [0.25, 0.3) is 10.9 Å². The summed E-state index contributed by atoms with van der Waals surface area (Å²) in [5.74, 6) is 0.215. The molecule has 1 aromatic carbocycles. The molecule has 0 unspecified atom stereocenters. The van der Waals surface area contributed by atoms with Crippen LogP contribution in [0.3, 0.4) is 0 Å². The SMILES string of the molecule is CC(C)(C)C1CCC(NC(=O)c2cccc3cc(F)cnc23)CC1.